The smallest absolute Gasteiger partial charge is 0.318 e. The minimum atomic E-state index is -0.991. The average molecular weight is 491 g/mol. The van der Waals surface area contributed by atoms with Gasteiger partial charge in [0.25, 0.3) is 0 Å². The number of guanidine groups is 1. The molecule has 0 radical (unpaired) electrons. The molecule has 0 aliphatic carbocycles. The van der Waals surface area contributed by atoms with Gasteiger partial charge in [-0.2, -0.15) is 0 Å². The highest BCUT2D eigenvalue weighted by Crippen LogP contribution is 2.36. The maximum atomic E-state index is 10.2. The topological polar surface area (TPSA) is 152 Å². The summed E-state index contributed by atoms with van der Waals surface area (Å²) >= 11 is 12.3. The third-order valence-corrected chi connectivity index (χ3v) is 4.56. The fourth-order valence-electron chi connectivity index (χ4n) is 1.86. The van der Waals surface area contributed by atoms with E-state index in [1.807, 2.05) is 31.2 Å². The number of nitrogens with zero attached hydrogens (tertiary/aromatic N) is 1. The molecule has 0 heterocycles. The molecular weight excluding hydrogens is 467 g/mol. The van der Waals surface area contributed by atoms with Gasteiger partial charge < -0.3 is 31.3 Å². The number of nitrogens with one attached hydrogen (secondary N) is 1. The molecule has 2 aromatic rings. The number of aromatic hydroxyl groups is 1. The van der Waals surface area contributed by atoms with Crippen LogP contribution in [0.4, 0.5) is 0 Å². The van der Waals surface area contributed by atoms with Gasteiger partial charge in [0, 0.05) is 11.4 Å². The number of phenols is 1. The first-order chi connectivity index (χ1) is 14.7. The molecular formula is C19H24Cl2N4O5S. The van der Waals surface area contributed by atoms with Crippen LogP contribution in [0.25, 0.3) is 0 Å². The summed E-state index contributed by atoms with van der Waals surface area (Å²) in [7, 11) is 0. The van der Waals surface area contributed by atoms with Crippen LogP contribution in [0.15, 0.2) is 46.4 Å². The van der Waals surface area contributed by atoms with E-state index >= 15 is 0 Å². The van der Waals surface area contributed by atoms with E-state index in [0.29, 0.717) is 23.1 Å². The van der Waals surface area contributed by atoms with Crippen LogP contribution in [0.2, 0.25) is 10.0 Å². The first-order valence-corrected chi connectivity index (χ1v) is 10.5. The Balaban J connectivity index is 0.000000311. The number of carboxylic acid groups (broad SMARTS) is 1. The van der Waals surface area contributed by atoms with Crippen molar-refractivity contribution in [3.8, 4) is 11.5 Å². The standard InChI is InChI=1S/C11H17N3O2.C8H7Cl2NO3S/c1-9-3-5-10(6-4-9)15-7-2-8-16-14-11(12)13;9-4-1-5(10)8(14)6(2-4)15-11-3-7(12)13/h3-6H,2,7-8H2,1H3,(H4,12,13,14);1-2,11,14H,3H2,(H,12,13). The molecule has 0 unspecified atom stereocenters. The largest absolute Gasteiger partial charge is 0.505 e. The molecule has 0 saturated heterocycles. The molecule has 170 valence electrons. The van der Waals surface area contributed by atoms with Crippen LogP contribution >= 0.6 is 35.1 Å². The van der Waals surface area contributed by atoms with Crippen LogP contribution in [0.5, 0.6) is 11.5 Å². The lowest BCUT2D eigenvalue weighted by atomic mass is 10.2. The molecule has 0 atom stereocenters. The van der Waals surface area contributed by atoms with E-state index in [-0.39, 0.29) is 23.3 Å². The molecule has 0 aliphatic heterocycles. The summed E-state index contributed by atoms with van der Waals surface area (Å²) in [5.41, 5.74) is 11.4. The van der Waals surface area contributed by atoms with Gasteiger partial charge in [0.1, 0.15) is 24.7 Å². The second kappa shape index (κ2) is 14.5. The van der Waals surface area contributed by atoms with Crippen molar-refractivity contribution in [3.63, 3.8) is 0 Å². The number of hydrogen-bond acceptors (Lipinski definition) is 7. The Morgan fingerprint density at radius 1 is 1.19 bits per heavy atom. The second-order valence-electron chi connectivity index (χ2n) is 5.92. The maximum absolute atomic E-state index is 10.2. The van der Waals surface area contributed by atoms with Gasteiger partial charge in [0.05, 0.1) is 16.5 Å². The number of carbonyl (C=O) groups is 1. The van der Waals surface area contributed by atoms with Crippen LogP contribution in [-0.2, 0) is 9.63 Å². The first-order valence-electron chi connectivity index (χ1n) is 8.89. The Hall–Kier alpha value is -2.53. The molecule has 9 nitrogen and oxygen atoms in total. The lowest BCUT2D eigenvalue weighted by Gasteiger charge is -2.06. The number of aryl methyl sites for hydroxylation is 1. The highest BCUT2D eigenvalue weighted by molar-refractivity contribution is 7.97. The first kappa shape index (κ1) is 26.5. The van der Waals surface area contributed by atoms with E-state index in [1.54, 1.807) is 0 Å². The number of ether oxygens (including phenoxy) is 1. The van der Waals surface area contributed by atoms with E-state index in [4.69, 9.17) is 49.4 Å². The predicted octanol–water partition coefficient (Wildman–Crippen LogP) is 3.35. The molecule has 0 bridgehead atoms. The van der Waals surface area contributed by atoms with Gasteiger partial charge in [0.2, 0.25) is 5.96 Å². The van der Waals surface area contributed by atoms with Crippen LogP contribution in [-0.4, -0.2) is 41.9 Å². The van der Waals surface area contributed by atoms with Gasteiger partial charge in [-0.3, -0.25) is 4.79 Å². The van der Waals surface area contributed by atoms with Gasteiger partial charge >= 0.3 is 5.97 Å². The van der Waals surface area contributed by atoms with Crippen LogP contribution in [0, 0.1) is 6.92 Å². The summed E-state index contributed by atoms with van der Waals surface area (Å²) in [6.07, 6.45) is 0.727. The number of hydrogen-bond donors (Lipinski definition) is 5. The number of phenolic OH excluding ortho intramolecular Hbond substituents is 1. The van der Waals surface area contributed by atoms with E-state index in [1.165, 1.54) is 17.7 Å². The number of rotatable bonds is 10. The van der Waals surface area contributed by atoms with E-state index in [9.17, 15) is 9.90 Å². The number of halogens is 2. The highest BCUT2D eigenvalue weighted by Gasteiger charge is 2.09. The maximum Gasteiger partial charge on any atom is 0.318 e. The predicted molar refractivity (Wildman–Crippen MR) is 123 cm³/mol. The average Bonchev–Trinajstić information content (AvgIpc) is 2.69. The summed E-state index contributed by atoms with van der Waals surface area (Å²) in [6.45, 7) is 2.81. The minimum absolute atomic E-state index is 0.0700. The van der Waals surface area contributed by atoms with Crippen LogP contribution in [0.1, 0.15) is 12.0 Å². The summed E-state index contributed by atoms with van der Waals surface area (Å²) in [5, 5.41) is 21.8. The second-order valence-corrected chi connectivity index (χ2v) is 7.69. The monoisotopic (exact) mass is 490 g/mol. The zero-order valence-electron chi connectivity index (χ0n) is 16.7. The third-order valence-electron chi connectivity index (χ3n) is 3.24. The fraction of sp³-hybridized carbons (Fsp3) is 0.263. The van der Waals surface area contributed by atoms with Crippen molar-refractivity contribution in [2.75, 3.05) is 19.8 Å². The Morgan fingerprint density at radius 2 is 1.87 bits per heavy atom. The van der Waals surface area contributed by atoms with E-state index in [0.717, 1.165) is 24.1 Å². The molecule has 2 aromatic carbocycles. The van der Waals surface area contributed by atoms with Crippen LogP contribution < -0.4 is 20.9 Å². The van der Waals surface area contributed by atoms with Crippen molar-refractivity contribution in [2.24, 2.45) is 16.6 Å². The third kappa shape index (κ3) is 12.0. The Bertz CT molecular complexity index is 865. The summed E-state index contributed by atoms with van der Waals surface area (Å²) < 4.78 is 8.01. The SMILES string of the molecule is Cc1ccc(OCCCON=C(N)N)cc1.O=C(O)CNSc1cc(Cl)cc(Cl)c1O. The molecule has 0 amide bonds. The number of nitrogens with two attached hydrogens (primary N) is 2. The number of carboxylic acids is 1. The molecule has 0 aromatic heterocycles. The van der Waals surface area contributed by atoms with Crippen molar-refractivity contribution in [2.45, 2.75) is 18.2 Å². The van der Waals surface area contributed by atoms with E-state index in [2.05, 4.69) is 9.88 Å². The van der Waals surface area contributed by atoms with Gasteiger partial charge in [0.15, 0.2) is 0 Å². The fourth-order valence-corrected chi connectivity index (χ4v) is 3.22. The molecule has 7 N–H and O–H groups in total. The zero-order valence-corrected chi connectivity index (χ0v) is 19.0. The number of aliphatic carboxylic acids is 1. The molecule has 0 spiro atoms. The molecule has 2 rings (SSSR count). The Morgan fingerprint density at radius 3 is 2.48 bits per heavy atom. The summed E-state index contributed by atoms with van der Waals surface area (Å²) in [4.78, 5) is 15.4. The zero-order chi connectivity index (χ0) is 23.2. The van der Waals surface area contributed by atoms with Crippen molar-refractivity contribution >= 4 is 47.1 Å². The Labute approximate surface area is 194 Å². The number of oxime groups is 1. The van der Waals surface area contributed by atoms with Gasteiger partial charge in [-0.1, -0.05) is 40.9 Å². The van der Waals surface area contributed by atoms with Gasteiger partial charge in [-0.25, -0.2) is 4.72 Å². The lowest BCUT2D eigenvalue weighted by molar-refractivity contribution is -0.135. The number of benzene rings is 2. The Kier molecular flexibility index (Phi) is 12.4. The van der Waals surface area contributed by atoms with Gasteiger partial charge in [-0.05, 0) is 48.3 Å². The van der Waals surface area contributed by atoms with Crippen molar-refractivity contribution < 1.29 is 24.6 Å². The summed E-state index contributed by atoms with van der Waals surface area (Å²) in [5.74, 6) is -0.328. The highest BCUT2D eigenvalue weighted by atomic mass is 35.5. The lowest BCUT2D eigenvalue weighted by Crippen LogP contribution is -2.23. The minimum Gasteiger partial charge on any atom is -0.505 e. The van der Waals surface area contributed by atoms with E-state index < -0.39 is 5.97 Å². The van der Waals surface area contributed by atoms with Gasteiger partial charge in [-0.15, -0.1) is 0 Å². The molecule has 0 aliphatic rings. The molecule has 0 saturated carbocycles. The molecule has 31 heavy (non-hydrogen) atoms. The van der Waals surface area contributed by atoms with Crippen molar-refractivity contribution in [3.05, 3.63) is 52.0 Å². The van der Waals surface area contributed by atoms with Crippen molar-refractivity contribution in [1.82, 2.24) is 4.72 Å². The van der Waals surface area contributed by atoms with Crippen molar-refractivity contribution in [1.29, 1.82) is 0 Å². The quantitative estimate of drug-likeness (QED) is 0.111. The molecule has 12 heteroatoms. The summed E-state index contributed by atoms with van der Waals surface area (Å²) in [6, 6.07) is 10.8. The normalized spacial score (nSPS) is 9.90. The molecule has 0 fully saturated rings. The van der Waals surface area contributed by atoms with Crippen LogP contribution in [0.3, 0.4) is 0 Å².